The number of methoxy groups -OCH3 is 1. The second-order valence-electron chi connectivity index (χ2n) is 11.0. The highest BCUT2D eigenvalue weighted by Gasteiger charge is 2.34. The molecule has 0 saturated carbocycles. The lowest BCUT2D eigenvalue weighted by atomic mass is 10.2. The smallest absolute Gasteiger partial charge is 0.267 e. The van der Waals surface area contributed by atoms with Crippen LogP contribution in [0.1, 0.15) is 22.5 Å². The number of para-hydroxylation sites is 1. The number of hydrogen-bond donors (Lipinski definition) is 1. The summed E-state index contributed by atoms with van der Waals surface area (Å²) >= 11 is 19.4. The number of amides is 2. The summed E-state index contributed by atoms with van der Waals surface area (Å²) in [6, 6.07) is 27.9. The van der Waals surface area contributed by atoms with Crippen molar-refractivity contribution in [3.63, 3.8) is 0 Å². The lowest BCUT2D eigenvalue weighted by Crippen LogP contribution is -2.28. The Hall–Kier alpha value is -5.20. The minimum Gasteiger partial charge on any atom is -0.493 e. The van der Waals surface area contributed by atoms with Gasteiger partial charge in [-0.1, -0.05) is 59.1 Å². The van der Waals surface area contributed by atoms with E-state index >= 15 is 0 Å². The van der Waals surface area contributed by atoms with Crippen molar-refractivity contribution in [2.75, 3.05) is 19.0 Å². The van der Waals surface area contributed by atoms with Gasteiger partial charge in [0.1, 0.15) is 18.1 Å². The Morgan fingerprint density at radius 1 is 0.904 bits per heavy atom. The average Bonchev–Trinajstić information content (AvgIpc) is 3.76. The van der Waals surface area contributed by atoms with Crippen molar-refractivity contribution in [1.82, 2.24) is 4.90 Å². The third-order valence-corrected chi connectivity index (χ3v) is 9.25. The van der Waals surface area contributed by atoms with Crippen LogP contribution in [-0.2, 0) is 22.7 Å². The number of furan rings is 1. The zero-order valence-corrected chi connectivity index (χ0v) is 30.5. The van der Waals surface area contributed by atoms with Gasteiger partial charge in [-0.25, -0.2) is 0 Å². The van der Waals surface area contributed by atoms with Crippen LogP contribution < -0.4 is 19.5 Å². The van der Waals surface area contributed by atoms with E-state index in [1.54, 1.807) is 110 Å². The quantitative estimate of drug-likeness (QED) is 0.0720. The molecule has 0 radical (unpaired) electrons. The molecule has 0 unspecified atom stereocenters. The van der Waals surface area contributed by atoms with Crippen LogP contribution >= 0.6 is 46.6 Å². The van der Waals surface area contributed by atoms with Crippen molar-refractivity contribution >= 4 is 81.5 Å². The lowest BCUT2D eigenvalue weighted by Gasteiger charge is -2.13. The van der Waals surface area contributed by atoms with Crippen molar-refractivity contribution in [3.05, 3.63) is 146 Å². The predicted molar refractivity (Wildman–Crippen MR) is 206 cm³/mol. The highest BCUT2D eigenvalue weighted by Crippen LogP contribution is 2.36. The van der Waals surface area contributed by atoms with Crippen LogP contribution in [-0.4, -0.2) is 41.8 Å². The molecule has 1 saturated heterocycles. The normalized spacial score (nSPS) is 14.4. The average molecular weight is 776 g/mol. The third-order valence-electron chi connectivity index (χ3n) is 7.41. The molecule has 1 fully saturated rings. The number of rotatable bonds is 13. The molecule has 0 aliphatic carbocycles. The first-order valence-corrected chi connectivity index (χ1v) is 17.6. The first kappa shape index (κ1) is 36.6. The number of carbonyl (C=O) groups excluding carboxylic acids is 2. The van der Waals surface area contributed by atoms with Crippen LogP contribution in [0.5, 0.6) is 17.2 Å². The fourth-order valence-electron chi connectivity index (χ4n) is 4.85. The number of nitrogens with one attached hydrogen (secondary N) is 1. The summed E-state index contributed by atoms with van der Waals surface area (Å²) < 4.78 is 22.9. The lowest BCUT2D eigenvalue weighted by molar-refractivity contribution is -0.122. The maximum atomic E-state index is 13.7. The molecule has 14 heteroatoms. The second kappa shape index (κ2) is 17.3. The maximum Gasteiger partial charge on any atom is 0.267 e. The van der Waals surface area contributed by atoms with Gasteiger partial charge in [0.2, 0.25) is 0 Å². The summed E-state index contributed by atoms with van der Waals surface area (Å²) in [5.74, 6) is 1.35. The van der Waals surface area contributed by atoms with Crippen molar-refractivity contribution in [1.29, 1.82) is 0 Å². The van der Waals surface area contributed by atoms with Gasteiger partial charge >= 0.3 is 0 Å². The molecule has 5 aromatic rings. The Kier molecular flexibility index (Phi) is 12.2. The zero-order chi connectivity index (χ0) is 36.5. The fraction of sp³-hybridized carbons (Fsp3) is 0.105. The van der Waals surface area contributed by atoms with Gasteiger partial charge in [-0.3, -0.25) is 14.5 Å². The van der Waals surface area contributed by atoms with Crippen molar-refractivity contribution in [2.45, 2.75) is 13.2 Å². The molecule has 0 spiro atoms. The number of amidine groups is 1. The number of benzene rings is 4. The number of thioether (sulfide) groups is 1. The number of nitrogens with zero attached hydrogens (tertiary/aromatic N) is 3. The molecule has 6 rings (SSSR count). The van der Waals surface area contributed by atoms with E-state index in [4.69, 9.17) is 53.4 Å². The van der Waals surface area contributed by atoms with Gasteiger partial charge in [0.15, 0.2) is 23.3 Å². The maximum absolute atomic E-state index is 13.7. The third kappa shape index (κ3) is 9.56. The largest absolute Gasteiger partial charge is 0.493 e. The summed E-state index contributed by atoms with van der Waals surface area (Å²) in [7, 11) is 1.54. The van der Waals surface area contributed by atoms with E-state index in [9.17, 15) is 9.59 Å². The van der Waals surface area contributed by atoms with Crippen LogP contribution in [0.2, 0.25) is 15.1 Å². The van der Waals surface area contributed by atoms with E-state index in [1.165, 1.54) is 11.2 Å². The predicted octanol–water partition coefficient (Wildman–Crippen LogP) is 9.35. The molecule has 10 nitrogen and oxygen atoms in total. The number of carbonyl (C=O) groups is 2. The molecule has 1 aromatic heterocycles. The zero-order valence-electron chi connectivity index (χ0n) is 27.4. The van der Waals surface area contributed by atoms with Gasteiger partial charge in [-0.05, 0) is 96.2 Å². The molecule has 2 amide bonds. The molecule has 1 N–H and O–H groups in total. The molecule has 1 aliphatic heterocycles. The minimum atomic E-state index is -0.351. The number of ether oxygens (including phenoxy) is 3. The van der Waals surface area contributed by atoms with Crippen LogP contribution in [0.25, 0.3) is 6.08 Å². The molecule has 1 aliphatic rings. The van der Waals surface area contributed by atoms with E-state index in [-0.39, 0.29) is 31.6 Å². The van der Waals surface area contributed by atoms with Gasteiger partial charge in [0.25, 0.3) is 11.8 Å². The van der Waals surface area contributed by atoms with E-state index in [2.05, 4.69) is 15.5 Å². The Labute approximate surface area is 318 Å². The van der Waals surface area contributed by atoms with E-state index in [1.807, 2.05) is 6.07 Å². The summed E-state index contributed by atoms with van der Waals surface area (Å²) in [5, 5.41) is 13.4. The van der Waals surface area contributed by atoms with Crippen LogP contribution in [0.15, 0.2) is 123 Å². The SMILES string of the molecule is COc1cc(/C=N/N=C2\S/C(=C\c3ccccc3OCC(=O)Nc3ccc(Cl)cc3)C(=O)N2Cc2ccco2)ccc1OCc1ccc(Cl)cc1Cl. The number of hydrogen-bond acceptors (Lipinski definition) is 9. The van der Waals surface area contributed by atoms with Crippen LogP contribution in [0, 0.1) is 0 Å². The summed E-state index contributed by atoms with van der Waals surface area (Å²) in [6.07, 6.45) is 4.78. The van der Waals surface area contributed by atoms with Gasteiger partial charge in [-0.2, -0.15) is 5.10 Å². The second-order valence-corrected chi connectivity index (χ2v) is 13.3. The first-order valence-electron chi connectivity index (χ1n) is 15.6. The Morgan fingerprint density at radius 2 is 1.71 bits per heavy atom. The van der Waals surface area contributed by atoms with Crippen LogP contribution in [0.4, 0.5) is 5.69 Å². The molecule has 0 bridgehead atoms. The van der Waals surface area contributed by atoms with Gasteiger partial charge in [-0.15, -0.1) is 5.10 Å². The monoisotopic (exact) mass is 774 g/mol. The van der Waals surface area contributed by atoms with Crippen molar-refractivity contribution in [2.24, 2.45) is 10.2 Å². The van der Waals surface area contributed by atoms with Crippen molar-refractivity contribution in [3.8, 4) is 17.2 Å². The van der Waals surface area contributed by atoms with E-state index < -0.39 is 0 Å². The van der Waals surface area contributed by atoms with Crippen molar-refractivity contribution < 1.29 is 28.2 Å². The Balaban J connectivity index is 1.17. The van der Waals surface area contributed by atoms with Gasteiger partial charge in [0.05, 0.1) is 31.0 Å². The highest BCUT2D eigenvalue weighted by atomic mass is 35.5. The summed E-state index contributed by atoms with van der Waals surface area (Å²) in [5.41, 5.74) is 2.66. The first-order chi connectivity index (χ1) is 25.2. The topological polar surface area (TPSA) is 115 Å². The van der Waals surface area contributed by atoms with E-state index in [0.29, 0.717) is 65.0 Å². The molecule has 4 aromatic carbocycles. The number of halogens is 3. The molecule has 2 heterocycles. The molecule has 0 atom stereocenters. The highest BCUT2D eigenvalue weighted by molar-refractivity contribution is 8.18. The number of anilines is 1. The molecular formula is C38H29Cl3N4O6S. The standard InChI is InChI=1S/C38H29Cl3N4O6S/c1-48-34-17-24(8-15-33(34)50-22-26-9-10-28(40)19-31(26)41)20-42-44-38-45(21-30-6-4-16-49-30)37(47)35(52-38)18-25-5-2-3-7-32(25)51-23-36(46)43-29-13-11-27(39)12-14-29/h2-20H,21-23H2,1H3,(H,43,46)/b35-18-,42-20+,44-38-. The van der Waals surface area contributed by atoms with Crippen LogP contribution in [0.3, 0.4) is 0 Å². The molecular weight excluding hydrogens is 747 g/mol. The summed E-state index contributed by atoms with van der Waals surface area (Å²) in [6.45, 7) is 0.117. The van der Waals surface area contributed by atoms with E-state index in [0.717, 1.165) is 17.3 Å². The Bertz CT molecular complexity index is 2160. The minimum absolute atomic E-state index is 0.144. The Morgan fingerprint density at radius 3 is 2.48 bits per heavy atom. The molecule has 264 valence electrons. The summed E-state index contributed by atoms with van der Waals surface area (Å²) in [4.78, 5) is 28.1. The fourth-order valence-corrected chi connectivity index (χ4v) is 6.36. The molecule has 52 heavy (non-hydrogen) atoms. The van der Waals surface area contributed by atoms with Gasteiger partial charge in [0, 0.05) is 31.9 Å². The van der Waals surface area contributed by atoms with Gasteiger partial charge < -0.3 is 23.9 Å².